The van der Waals surface area contributed by atoms with E-state index in [1.165, 1.54) is 16.2 Å². The van der Waals surface area contributed by atoms with Gasteiger partial charge in [0.05, 0.1) is 28.4 Å². The van der Waals surface area contributed by atoms with E-state index in [0.29, 0.717) is 46.5 Å². The van der Waals surface area contributed by atoms with Crippen LogP contribution in [0.2, 0.25) is 0 Å². The number of carbonyl (C=O) groups excluding carboxylic acids is 2. The van der Waals surface area contributed by atoms with E-state index in [0.717, 1.165) is 10.1 Å². The van der Waals surface area contributed by atoms with Gasteiger partial charge in [0.15, 0.2) is 16.7 Å². The van der Waals surface area contributed by atoms with Gasteiger partial charge in [-0.15, -0.1) is 0 Å². The first-order valence-electron chi connectivity index (χ1n) is 12.7. The molecular formula is C31H24N2O6S. The number of ether oxygens (including phenoxy) is 2. The SMILES string of the molecule is C=CCOc1ccc([C@H]2C(C(=O)c3cc4ccccc4o3)=C(O)C(=O)N2c2nc3ccc(OCC)cc3s2)cc1. The number of amides is 1. The number of fused-ring (bicyclic) bond motifs is 2. The number of anilines is 1. The van der Waals surface area contributed by atoms with E-state index in [4.69, 9.17) is 13.9 Å². The first kappa shape index (κ1) is 25.4. The van der Waals surface area contributed by atoms with Crippen molar-refractivity contribution in [3.05, 3.63) is 108 Å². The van der Waals surface area contributed by atoms with Crippen LogP contribution in [0, 0.1) is 0 Å². The van der Waals surface area contributed by atoms with Crippen LogP contribution in [0.3, 0.4) is 0 Å². The number of Topliss-reactive ketones (excluding diaryl/α,β-unsaturated/α-hetero) is 1. The number of aliphatic hydroxyl groups excluding tert-OH is 1. The molecular weight excluding hydrogens is 528 g/mol. The second-order valence-electron chi connectivity index (χ2n) is 9.05. The van der Waals surface area contributed by atoms with Crippen molar-refractivity contribution in [2.45, 2.75) is 13.0 Å². The highest BCUT2D eigenvalue weighted by atomic mass is 32.1. The number of benzene rings is 3. The normalized spacial score (nSPS) is 15.3. The molecule has 1 amide bonds. The minimum absolute atomic E-state index is 0.0268. The number of carbonyl (C=O) groups is 2. The minimum Gasteiger partial charge on any atom is -0.503 e. The van der Waals surface area contributed by atoms with Gasteiger partial charge < -0.3 is 19.0 Å². The van der Waals surface area contributed by atoms with Gasteiger partial charge in [-0.05, 0) is 55.0 Å². The molecule has 0 aliphatic carbocycles. The molecule has 3 heterocycles. The van der Waals surface area contributed by atoms with Gasteiger partial charge in [-0.25, -0.2) is 4.98 Å². The molecule has 0 fully saturated rings. The van der Waals surface area contributed by atoms with Gasteiger partial charge in [-0.2, -0.15) is 0 Å². The smallest absolute Gasteiger partial charge is 0.296 e. The molecule has 1 atom stereocenters. The van der Waals surface area contributed by atoms with E-state index in [1.54, 1.807) is 48.5 Å². The van der Waals surface area contributed by atoms with E-state index in [2.05, 4.69) is 11.6 Å². The van der Waals surface area contributed by atoms with Gasteiger partial charge in [-0.1, -0.05) is 54.3 Å². The Labute approximate surface area is 233 Å². The summed E-state index contributed by atoms with van der Waals surface area (Å²) in [5, 5.41) is 12.2. The fourth-order valence-electron chi connectivity index (χ4n) is 4.73. The number of para-hydroxylation sites is 1. The Bertz CT molecular complexity index is 1770. The maximum absolute atomic E-state index is 13.9. The molecule has 9 heteroatoms. The summed E-state index contributed by atoms with van der Waals surface area (Å²) in [4.78, 5) is 33.5. The summed E-state index contributed by atoms with van der Waals surface area (Å²) < 4.78 is 17.8. The summed E-state index contributed by atoms with van der Waals surface area (Å²) in [5.41, 5.74) is 1.71. The number of hydrogen-bond donors (Lipinski definition) is 1. The van der Waals surface area contributed by atoms with E-state index in [9.17, 15) is 14.7 Å². The van der Waals surface area contributed by atoms with Crippen LogP contribution >= 0.6 is 11.3 Å². The van der Waals surface area contributed by atoms with Crippen molar-refractivity contribution < 1.29 is 28.6 Å². The highest BCUT2D eigenvalue weighted by molar-refractivity contribution is 7.22. The maximum atomic E-state index is 13.9. The number of hydrogen-bond acceptors (Lipinski definition) is 8. The molecule has 0 saturated heterocycles. The van der Waals surface area contributed by atoms with Crippen molar-refractivity contribution in [1.82, 2.24) is 4.98 Å². The van der Waals surface area contributed by atoms with Crippen LogP contribution in [-0.4, -0.2) is 35.0 Å². The van der Waals surface area contributed by atoms with Crippen LogP contribution in [0.15, 0.2) is 101 Å². The summed E-state index contributed by atoms with van der Waals surface area (Å²) in [6.07, 6.45) is 1.64. The Hall–Kier alpha value is -4.89. The molecule has 0 unspecified atom stereocenters. The summed E-state index contributed by atoms with van der Waals surface area (Å²) in [7, 11) is 0. The van der Waals surface area contributed by atoms with Crippen LogP contribution < -0.4 is 14.4 Å². The third-order valence-electron chi connectivity index (χ3n) is 6.53. The number of furan rings is 1. The van der Waals surface area contributed by atoms with Crippen LogP contribution in [0.4, 0.5) is 5.13 Å². The van der Waals surface area contributed by atoms with Crippen LogP contribution in [0.25, 0.3) is 21.2 Å². The molecule has 5 aromatic rings. The third-order valence-corrected chi connectivity index (χ3v) is 7.55. The van der Waals surface area contributed by atoms with Crippen molar-refractivity contribution in [2.75, 3.05) is 18.1 Å². The van der Waals surface area contributed by atoms with Gasteiger partial charge in [0.1, 0.15) is 23.7 Å². The lowest BCUT2D eigenvalue weighted by molar-refractivity contribution is -0.117. The van der Waals surface area contributed by atoms with Gasteiger partial charge in [0, 0.05) is 5.39 Å². The predicted octanol–water partition coefficient (Wildman–Crippen LogP) is 6.79. The Kier molecular flexibility index (Phi) is 6.57. The molecule has 2 aromatic heterocycles. The van der Waals surface area contributed by atoms with Crippen molar-refractivity contribution in [3.63, 3.8) is 0 Å². The average molecular weight is 553 g/mol. The molecule has 0 radical (unpaired) electrons. The maximum Gasteiger partial charge on any atom is 0.296 e. The molecule has 1 aliphatic rings. The summed E-state index contributed by atoms with van der Waals surface area (Å²) in [5.74, 6) is -0.634. The number of ketones is 1. The molecule has 3 aromatic carbocycles. The standard InChI is InChI=1S/C31H24N2O6S/c1-3-15-38-20-11-9-18(10-12-20)27-26(28(34)24-16-19-7-5-6-8-23(19)39-24)29(35)30(36)33(27)31-32-22-14-13-21(37-4-2)17-25(22)40-31/h3,5-14,16-17,27,35H,1,4,15H2,2H3/t27-/m0/s1. The fourth-order valence-corrected chi connectivity index (χ4v) is 5.75. The van der Waals surface area contributed by atoms with Gasteiger partial charge >= 0.3 is 0 Å². The van der Waals surface area contributed by atoms with Crippen molar-refractivity contribution in [3.8, 4) is 11.5 Å². The van der Waals surface area contributed by atoms with Crippen LogP contribution in [0.1, 0.15) is 29.1 Å². The average Bonchev–Trinajstić information content (AvgIpc) is 3.66. The number of aliphatic hydroxyl groups is 1. The van der Waals surface area contributed by atoms with E-state index >= 15 is 0 Å². The van der Waals surface area contributed by atoms with E-state index in [1.807, 2.05) is 37.3 Å². The molecule has 1 aliphatic heterocycles. The van der Waals surface area contributed by atoms with E-state index < -0.39 is 23.5 Å². The largest absolute Gasteiger partial charge is 0.503 e. The number of aromatic nitrogens is 1. The van der Waals surface area contributed by atoms with Crippen LogP contribution in [-0.2, 0) is 4.79 Å². The van der Waals surface area contributed by atoms with Gasteiger partial charge in [0.2, 0.25) is 5.78 Å². The summed E-state index contributed by atoms with van der Waals surface area (Å²) in [6, 6.07) is 20.4. The lowest BCUT2D eigenvalue weighted by atomic mass is 9.95. The molecule has 0 spiro atoms. The second kappa shape index (κ2) is 10.3. The Morgan fingerprint density at radius 1 is 1.10 bits per heavy atom. The molecule has 6 rings (SSSR count). The Balaban J connectivity index is 1.46. The lowest BCUT2D eigenvalue weighted by Gasteiger charge is -2.24. The molecule has 0 bridgehead atoms. The van der Waals surface area contributed by atoms with Crippen molar-refractivity contribution in [2.24, 2.45) is 0 Å². The lowest BCUT2D eigenvalue weighted by Crippen LogP contribution is -2.30. The zero-order valence-corrected chi connectivity index (χ0v) is 22.3. The number of rotatable bonds is 9. The Morgan fingerprint density at radius 2 is 1.88 bits per heavy atom. The number of nitrogens with zero attached hydrogens (tertiary/aromatic N) is 2. The molecule has 8 nitrogen and oxygen atoms in total. The van der Waals surface area contributed by atoms with E-state index in [-0.39, 0.29) is 11.3 Å². The zero-order valence-electron chi connectivity index (χ0n) is 21.5. The minimum atomic E-state index is -0.950. The van der Waals surface area contributed by atoms with Crippen molar-refractivity contribution >= 4 is 49.3 Å². The number of thiazole rings is 1. The monoisotopic (exact) mass is 552 g/mol. The molecule has 40 heavy (non-hydrogen) atoms. The predicted molar refractivity (Wildman–Crippen MR) is 153 cm³/mol. The summed E-state index contributed by atoms with van der Waals surface area (Å²) >= 11 is 1.27. The second-order valence-corrected chi connectivity index (χ2v) is 10.1. The van der Waals surface area contributed by atoms with Crippen molar-refractivity contribution in [1.29, 1.82) is 0 Å². The first-order chi connectivity index (χ1) is 19.5. The van der Waals surface area contributed by atoms with Crippen LogP contribution in [0.5, 0.6) is 11.5 Å². The highest BCUT2D eigenvalue weighted by Gasteiger charge is 2.46. The summed E-state index contributed by atoms with van der Waals surface area (Å²) in [6.45, 7) is 6.41. The molecule has 1 N–H and O–H groups in total. The molecule has 200 valence electrons. The third kappa shape index (κ3) is 4.40. The zero-order chi connectivity index (χ0) is 27.8. The Morgan fingerprint density at radius 3 is 2.62 bits per heavy atom. The quantitative estimate of drug-likeness (QED) is 0.159. The highest BCUT2D eigenvalue weighted by Crippen LogP contribution is 2.45. The molecule has 0 saturated carbocycles. The fraction of sp³-hybridized carbons (Fsp3) is 0.129. The van der Waals surface area contributed by atoms with Gasteiger partial charge in [0.25, 0.3) is 5.91 Å². The first-order valence-corrected chi connectivity index (χ1v) is 13.5. The topological polar surface area (TPSA) is 102 Å². The van der Waals surface area contributed by atoms with Gasteiger partial charge in [-0.3, -0.25) is 14.5 Å².